The number of rotatable bonds is 5. The molecule has 0 unspecified atom stereocenters. The van der Waals surface area contributed by atoms with Gasteiger partial charge >= 0.3 is 0 Å². The highest BCUT2D eigenvalue weighted by Gasteiger charge is 2.05. The second-order valence-electron chi connectivity index (χ2n) is 4.73. The third-order valence-electron chi connectivity index (χ3n) is 3.03. The standard InChI is InChI=1S/C16H13F2N5/c17-13-4-3-12(8-14(13)18)22-16-20-7-5-15(23-16)21-10-11-2-1-6-19-9-11/h1-9H,10H2,(H2,20,21,22,23). The molecule has 2 N–H and O–H groups in total. The van der Waals surface area contributed by atoms with E-state index < -0.39 is 11.6 Å². The predicted octanol–water partition coefficient (Wildman–Crippen LogP) is 3.51. The van der Waals surface area contributed by atoms with Crippen LogP contribution >= 0.6 is 0 Å². The highest BCUT2D eigenvalue weighted by molar-refractivity contribution is 5.54. The molecule has 3 rings (SSSR count). The van der Waals surface area contributed by atoms with Gasteiger partial charge in [-0.3, -0.25) is 4.98 Å². The highest BCUT2D eigenvalue weighted by Crippen LogP contribution is 2.17. The fraction of sp³-hybridized carbons (Fsp3) is 0.0625. The van der Waals surface area contributed by atoms with Gasteiger partial charge in [-0.1, -0.05) is 6.07 Å². The second kappa shape index (κ2) is 6.78. The Balaban J connectivity index is 1.68. The van der Waals surface area contributed by atoms with E-state index in [1.807, 2.05) is 12.1 Å². The van der Waals surface area contributed by atoms with Crippen LogP contribution in [-0.2, 0) is 6.54 Å². The Morgan fingerprint density at radius 2 is 1.91 bits per heavy atom. The zero-order valence-electron chi connectivity index (χ0n) is 12.0. The SMILES string of the molecule is Fc1ccc(Nc2nccc(NCc3cccnc3)n2)cc1F. The number of halogens is 2. The third kappa shape index (κ3) is 3.97. The number of benzene rings is 1. The van der Waals surface area contributed by atoms with Gasteiger partial charge in [0.15, 0.2) is 11.6 Å². The lowest BCUT2D eigenvalue weighted by Gasteiger charge is -2.08. The first kappa shape index (κ1) is 14.8. The molecule has 116 valence electrons. The molecule has 7 heteroatoms. The summed E-state index contributed by atoms with van der Waals surface area (Å²) >= 11 is 0. The topological polar surface area (TPSA) is 62.7 Å². The molecule has 2 heterocycles. The lowest BCUT2D eigenvalue weighted by atomic mass is 10.3. The van der Waals surface area contributed by atoms with E-state index in [2.05, 4.69) is 25.6 Å². The van der Waals surface area contributed by atoms with Gasteiger partial charge in [-0.2, -0.15) is 4.98 Å². The first-order valence-corrected chi connectivity index (χ1v) is 6.88. The molecule has 5 nitrogen and oxygen atoms in total. The van der Waals surface area contributed by atoms with Crippen molar-refractivity contribution in [3.05, 3.63) is 72.2 Å². The lowest BCUT2D eigenvalue weighted by molar-refractivity contribution is 0.509. The van der Waals surface area contributed by atoms with Crippen molar-refractivity contribution in [2.75, 3.05) is 10.6 Å². The monoisotopic (exact) mass is 313 g/mol. The number of anilines is 3. The van der Waals surface area contributed by atoms with Crippen LogP contribution < -0.4 is 10.6 Å². The van der Waals surface area contributed by atoms with Crippen LogP contribution in [0.15, 0.2) is 55.0 Å². The van der Waals surface area contributed by atoms with Gasteiger partial charge in [-0.25, -0.2) is 13.8 Å². The Morgan fingerprint density at radius 1 is 1.00 bits per heavy atom. The van der Waals surface area contributed by atoms with Crippen LogP contribution in [-0.4, -0.2) is 15.0 Å². The van der Waals surface area contributed by atoms with Crippen molar-refractivity contribution in [1.29, 1.82) is 0 Å². The summed E-state index contributed by atoms with van der Waals surface area (Å²) in [5, 5.41) is 5.97. The largest absolute Gasteiger partial charge is 0.366 e. The molecule has 0 fully saturated rings. The number of nitrogens with zero attached hydrogens (tertiary/aromatic N) is 3. The summed E-state index contributed by atoms with van der Waals surface area (Å²) < 4.78 is 26.1. The van der Waals surface area contributed by atoms with Crippen LogP contribution in [0.3, 0.4) is 0 Å². The van der Waals surface area contributed by atoms with Gasteiger partial charge in [-0.05, 0) is 29.8 Å². The molecule has 0 spiro atoms. The maximum atomic E-state index is 13.2. The molecular weight excluding hydrogens is 300 g/mol. The number of hydrogen-bond acceptors (Lipinski definition) is 5. The van der Waals surface area contributed by atoms with E-state index >= 15 is 0 Å². The number of aromatic nitrogens is 3. The Labute approximate surface area is 131 Å². The molecule has 0 aliphatic rings. The molecular formula is C16H13F2N5. The number of pyridine rings is 1. The van der Waals surface area contributed by atoms with E-state index in [0.717, 1.165) is 17.7 Å². The first-order chi connectivity index (χ1) is 11.2. The zero-order valence-corrected chi connectivity index (χ0v) is 12.0. The van der Waals surface area contributed by atoms with Crippen LogP contribution in [0.2, 0.25) is 0 Å². The molecule has 2 aromatic heterocycles. The summed E-state index contributed by atoms with van der Waals surface area (Å²) in [6, 6.07) is 9.02. The van der Waals surface area contributed by atoms with Gasteiger partial charge in [-0.15, -0.1) is 0 Å². The fourth-order valence-electron chi connectivity index (χ4n) is 1.92. The molecule has 0 aliphatic carbocycles. The van der Waals surface area contributed by atoms with E-state index in [0.29, 0.717) is 18.1 Å². The van der Waals surface area contributed by atoms with Gasteiger partial charge < -0.3 is 10.6 Å². The van der Waals surface area contributed by atoms with E-state index in [1.165, 1.54) is 6.07 Å². The summed E-state index contributed by atoms with van der Waals surface area (Å²) in [5.74, 6) is -0.939. The van der Waals surface area contributed by atoms with E-state index in [-0.39, 0.29) is 5.95 Å². The van der Waals surface area contributed by atoms with Crippen LogP contribution in [0.4, 0.5) is 26.2 Å². The predicted molar refractivity (Wildman–Crippen MR) is 83.2 cm³/mol. The van der Waals surface area contributed by atoms with Crippen LogP contribution in [0, 0.1) is 11.6 Å². The Morgan fingerprint density at radius 3 is 2.70 bits per heavy atom. The Hall–Kier alpha value is -3.09. The number of hydrogen-bond donors (Lipinski definition) is 2. The van der Waals surface area contributed by atoms with E-state index in [4.69, 9.17) is 0 Å². The van der Waals surface area contributed by atoms with Crippen molar-refractivity contribution in [2.45, 2.75) is 6.54 Å². The van der Waals surface area contributed by atoms with Crippen molar-refractivity contribution < 1.29 is 8.78 Å². The minimum Gasteiger partial charge on any atom is -0.366 e. The van der Waals surface area contributed by atoms with Gasteiger partial charge in [0, 0.05) is 36.9 Å². The van der Waals surface area contributed by atoms with Gasteiger partial charge in [0.2, 0.25) is 5.95 Å². The molecule has 0 aliphatic heterocycles. The first-order valence-electron chi connectivity index (χ1n) is 6.88. The molecule has 1 aromatic carbocycles. The van der Waals surface area contributed by atoms with Gasteiger partial charge in [0.05, 0.1) is 0 Å². The van der Waals surface area contributed by atoms with E-state index in [1.54, 1.807) is 24.7 Å². The fourth-order valence-corrected chi connectivity index (χ4v) is 1.92. The molecule has 23 heavy (non-hydrogen) atoms. The molecule has 0 radical (unpaired) electrons. The average Bonchev–Trinajstić information content (AvgIpc) is 2.58. The quantitative estimate of drug-likeness (QED) is 0.755. The summed E-state index contributed by atoms with van der Waals surface area (Å²) in [7, 11) is 0. The lowest BCUT2D eigenvalue weighted by Crippen LogP contribution is -2.04. The Kier molecular flexibility index (Phi) is 4.37. The minimum absolute atomic E-state index is 0.284. The van der Waals surface area contributed by atoms with Crippen molar-refractivity contribution >= 4 is 17.5 Å². The van der Waals surface area contributed by atoms with Crippen LogP contribution in [0.1, 0.15) is 5.56 Å². The molecule has 3 aromatic rings. The maximum Gasteiger partial charge on any atom is 0.229 e. The van der Waals surface area contributed by atoms with E-state index in [9.17, 15) is 8.78 Å². The van der Waals surface area contributed by atoms with Crippen molar-refractivity contribution in [2.24, 2.45) is 0 Å². The highest BCUT2D eigenvalue weighted by atomic mass is 19.2. The van der Waals surface area contributed by atoms with Crippen molar-refractivity contribution in [1.82, 2.24) is 15.0 Å². The minimum atomic E-state index is -0.930. The van der Waals surface area contributed by atoms with Crippen molar-refractivity contribution in [3.8, 4) is 0 Å². The molecule has 0 atom stereocenters. The second-order valence-corrected chi connectivity index (χ2v) is 4.73. The van der Waals surface area contributed by atoms with Crippen molar-refractivity contribution in [3.63, 3.8) is 0 Å². The van der Waals surface area contributed by atoms with Gasteiger partial charge in [0.25, 0.3) is 0 Å². The molecule has 0 bridgehead atoms. The number of nitrogens with one attached hydrogen (secondary N) is 2. The normalized spacial score (nSPS) is 10.3. The molecule has 0 saturated heterocycles. The summed E-state index contributed by atoms with van der Waals surface area (Å²) in [4.78, 5) is 12.4. The summed E-state index contributed by atoms with van der Waals surface area (Å²) in [6.45, 7) is 0.565. The summed E-state index contributed by atoms with van der Waals surface area (Å²) in [6.07, 6.45) is 5.04. The zero-order chi connectivity index (χ0) is 16.1. The van der Waals surface area contributed by atoms with Crippen LogP contribution in [0.5, 0.6) is 0 Å². The average molecular weight is 313 g/mol. The maximum absolute atomic E-state index is 13.2. The van der Waals surface area contributed by atoms with Crippen LogP contribution in [0.25, 0.3) is 0 Å². The third-order valence-corrected chi connectivity index (χ3v) is 3.03. The van der Waals surface area contributed by atoms with Gasteiger partial charge in [0.1, 0.15) is 5.82 Å². The molecule has 0 amide bonds. The molecule has 0 saturated carbocycles. The smallest absolute Gasteiger partial charge is 0.229 e. The Bertz CT molecular complexity index is 795. The summed E-state index contributed by atoms with van der Waals surface area (Å²) in [5.41, 5.74) is 1.38.